The molecule has 0 radical (unpaired) electrons. The lowest BCUT2D eigenvalue weighted by Gasteiger charge is -2.26. The van der Waals surface area contributed by atoms with Crippen LogP contribution in [0.5, 0.6) is 0 Å². The number of sulfone groups is 1. The zero-order valence-electron chi connectivity index (χ0n) is 19.4. The first-order valence-corrected chi connectivity index (χ1v) is 14.4. The van der Waals surface area contributed by atoms with E-state index in [1.807, 2.05) is 41.8 Å². The number of likely N-dealkylation sites (N-methyl/N-ethyl adjacent to an activating group) is 1. The SMILES string of the molecule is CCN(C(=O)COC(=O)c1c2c(nc3ccccc13)/C(=C\c1cccs1)CC2)[C@H]1CCS(=O)(=O)C1. The summed E-state index contributed by atoms with van der Waals surface area (Å²) in [4.78, 5) is 33.7. The molecule has 3 aromatic rings. The number of thiophene rings is 1. The van der Waals surface area contributed by atoms with Crippen LogP contribution < -0.4 is 0 Å². The zero-order chi connectivity index (χ0) is 24.6. The van der Waals surface area contributed by atoms with E-state index in [0.29, 0.717) is 35.9 Å². The highest BCUT2D eigenvalue weighted by atomic mass is 32.2. The van der Waals surface area contributed by atoms with Gasteiger partial charge in [-0.1, -0.05) is 24.3 Å². The van der Waals surface area contributed by atoms with E-state index in [0.717, 1.165) is 28.1 Å². The summed E-state index contributed by atoms with van der Waals surface area (Å²) in [6.45, 7) is 1.74. The van der Waals surface area contributed by atoms with Crippen LogP contribution in [-0.2, 0) is 25.8 Å². The van der Waals surface area contributed by atoms with E-state index in [1.54, 1.807) is 18.3 Å². The first-order chi connectivity index (χ1) is 16.9. The van der Waals surface area contributed by atoms with Crippen molar-refractivity contribution in [2.24, 2.45) is 0 Å². The van der Waals surface area contributed by atoms with E-state index in [1.165, 1.54) is 4.90 Å². The van der Waals surface area contributed by atoms with Crippen molar-refractivity contribution in [1.82, 2.24) is 9.88 Å². The minimum atomic E-state index is -3.13. The van der Waals surface area contributed by atoms with Gasteiger partial charge in [-0.25, -0.2) is 18.2 Å². The summed E-state index contributed by atoms with van der Waals surface area (Å²) >= 11 is 1.65. The normalized spacial score (nSPS) is 19.7. The van der Waals surface area contributed by atoms with Crippen molar-refractivity contribution < 1.29 is 22.7 Å². The highest BCUT2D eigenvalue weighted by molar-refractivity contribution is 7.91. The van der Waals surface area contributed by atoms with Gasteiger partial charge in [0.2, 0.25) is 0 Å². The van der Waals surface area contributed by atoms with Crippen LogP contribution >= 0.6 is 11.3 Å². The molecule has 182 valence electrons. The van der Waals surface area contributed by atoms with E-state index in [4.69, 9.17) is 9.72 Å². The van der Waals surface area contributed by atoms with Crippen molar-refractivity contribution in [2.45, 2.75) is 32.2 Å². The molecule has 1 aliphatic heterocycles. The van der Waals surface area contributed by atoms with Gasteiger partial charge in [-0.2, -0.15) is 0 Å². The smallest absolute Gasteiger partial charge is 0.339 e. The molecule has 2 aliphatic rings. The summed E-state index contributed by atoms with van der Waals surface area (Å²) in [5.74, 6) is -0.892. The van der Waals surface area contributed by atoms with E-state index in [9.17, 15) is 18.0 Å². The number of hydrogen-bond acceptors (Lipinski definition) is 7. The Hall–Kier alpha value is -3.04. The largest absolute Gasteiger partial charge is 0.452 e. The van der Waals surface area contributed by atoms with Crippen molar-refractivity contribution in [2.75, 3.05) is 24.7 Å². The number of esters is 1. The molecule has 0 spiro atoms. The van der Waals surface area contributed by atoms with Crippen LogP contribution in [0.15, 0.2) is 41.8 Å². The number of carbonyl (C=O) groups is 2. The fourth-order valence-electron chi connectivity index (χ4n) is 5.00. The minimum Gasteiger partial charge on any atom is -0.452 e. The number of para-hydroxylation sites is 1. The van der Waals surface area contributed by atoms with Gasteiger partial charge in [0.1, 0.15) is 0 Å². The highest BCUT2D eigenvalue weighted by Gasteiger charge is 2.34. The molecule has 0 N–H and O–H groups in total. The third-order valence-electron chi connectivity index (χ3n) is 6.64. The number of rotatable bonds is 6. The number of nitrogens with zero attached hydrogens (tertiary/aromatic N) is 2. The Morgan fingerprint density at radius 1 is 1.20 bits per heavy atom. The molecule has 2 aromatic heterocycles. The number of carbonyl (C=O) groups excluding carboxylic acids is 2. The molecule has 1 saturated heterocycles. The Balaban J connectivity index is 1.42. The van der Waals surface area contributed by atoms with Crippen LogP contribution in [0.2, 0.25) is 0 Å². The standard InChI is InChI=1S/C26H26N2O5S2/c1-2-28(18-11-13-35(31,32)16-18)23(29)15-33-26(30)24-20-7-3-4-8-22(20)27-25-17(9-10-21(24)25)14-19-6-5-12-34-19/h3-8,12,14,18H,2,9-11,13,15-16H2,1H3/b17-14-/t18-/m0/s1. The van der Waals surface area contributed by atoms with Gasteiger partial charge in [-0.15, -0.1) is 11.3 Å². The van der Waals surface area contributed by atoms with Crippen molar-refractivity contribution in [1.29, 1.82) is 0 Å². The molecule has 1 fully saturated rings. The van der Waals surface area contributed by atoms with Crippen LogP contribution in [-0.4, -0.2) is 60.9 Å². The molecule has 1 atom stereocenters. The molecule has 7 nitrogen and oxygen atoms in total. The number of allylic oxidation sites excluding steroid dienone is 1. The van der Waals surface area contributed by atoms with E-state index >= 15 is 0 Å². The fourth-order valence-corrected chi connectivity index (χ4v) is 7.41. The molecule has 9 heteroatoms. The average molecular weight is 511 g/mol. The van der Waals surface area contributed by atoms with Crippen molar-refractivity contribution in [3.05, 3.63) is 63.5 Å². The number of pyridine rings is 1. The Morgan fingerprint density at radius 3 is 2.74 bits per heavy atom. The molecule has 1 aromatic carbocycles. The quantitative estimate of drug-likeness (QED) is 0.466. The number of fused-ring (bicyclic) bond motifs is 2. The molecule has 0 unspecified atom stereocenters. The van der Waals surface area contributed by atoms with Gasteiger partial charge in [-0.05, 0) is 60.9 Å². The summed E-state index contributed by atoms with van der Waals surface area (Å²) in [7, 11) is -3.13. The second kappa shape index (κ2) is 9.54. The Morgan fingerprint density at radius 2 is 2.03 bits per heavy atom. The molecule has 0 saturated carbocycles. The minimum absolute atomic E-state index is 0.0393. The summed E-state index contributed by atoms with van der Waals surface area (Å²) in [5, 5.41) is 2.73. The lowest BCUT2D eigenvalue weighted by Crippen LogP contribution is -2.43. The van der Waals surface area contributed by atoms with Crippen LogP contribution in [0, 0.1) is 0 Å². The van der Waals surface area contributed by atoms with Crippen molar-refractivity contribution in [3.8, 4) is 0 Å². The molecule has 35 heavy (non-hydrogen) atoms. The van der Waals surface area contributed by atoms with Crippen LogP contribution in [0.3, 0.4) is 0 Å². The van der Waals surface area contributed by atoms with E-state index in [2.05, 4.69) is 6.08 Å². The number of ether oxygens (including phenoxy) is 1. The lowest BCUT2D eigenvalue weighted by molar-refractivity contribution is -0.136. The summed E-state index contributed by atoms with van der Waals surface area (Å²) in [6, 6.07) is 11.1. The first kappa shape index (κ1) is 23.7. The van der Waals surface area contributed by atoms with E-state index in [-0.39, 0.29) is 23.5 Å². The van der Waals surface area contributed by atoms with Gasteiger partial charge in [0.15, 0.2) is 16.4 Å². The van der Waals surface area contributed by atoms with Gasteiger partial charge in [0.05, 0.1) is 28.3 Å². The number of hydrogen-bond donors (Lipinski definition) is 0. The average Bonchev–Trinajstić information content (AvgIpc) is 3.58. The first-order valence-electron chi connectivity index (χ1n) is 11.7. The second-order valence-corrected chi connectivity index (χ2v) is 12.0. The van der Waals surface area contributed by atoms with Crippen LogP contribution in [0.1, 0.15) is 46.3 Å². The summed E-state index contributed by atoms with van der Waals surface area (Å²) in [5.41, 5.74) is 3.90. The van der Waals surface area contributed by atoms with Crippen LogP contribution in [0.25, 0.3) is 22.6 Å². The predicted octanol–water partition coefficient (Wildman–Crippen LogP) is 3.98. The Kier molecular flexibility index (Phi) is 6.46. The maximum Gasteiger partial charge on any atom is 0.339 e. The van der Waals surface area contributed by atoms with Gasteiger partial charge < -0.3 is 9.64 Å². The Bertz CT molecular complexity index is 1430. The number of amides is 1. The molecular weight excluding hydrogens is 484 g/mol. The summed E-state index contributed by atoms with van der Waals surface area (Å²) in [6.07, 6.45) is 3.97. The number of benzene rings is 1. The molecule has 5 rings (SSSR count). The van der Waals surface area contributed by atoms with Gasteiger partial charge in [0, 0.05) is 22.8 Å². The predicted molar refractivity (Wildman–Crippen MR) is 137 cm³/mol. The maximum absolute atomic E-state index is 13.3. The topological polar surface area (TPSA) is 93.6 Å². The molecular formula is C26H26N2O5S2. The second-order valence-electron chi connectivity index (χ2n) is 8.83. The van der Waals surface area contributed by atoms with Gasteiger partial charge >= 0.3 is 5.97 Å². The van der Waals surface area contributed by atoms with Gasteiger partial charge in [0.25, 0.3) is 5.91 Å². The monoisotopic (exact) mass is 510 g/mol. The zero-order valence-corrected chi connectivity index (χ0v) is 21.0. The highest BCUT2D eigenvalue weighted by Crippen LogP contribution is 2.38. The molecule has 1 amide bonds. The van der Waals surface area contributed by atoms with E-state index < -0.39 is 22.4 Å². The maximum atomic E-state index is 13.3. The van der Waals surface area contributed by atoms with Crippen molar-refractivity contribution >= 4 is 55.6 Å². The molecule has 1 aliphatic carbocycles. The third-order valence-corrected chi connectivity index (χ3v) is 9.21. The molecule has 3 heterocycles. The molecule has 0 bridgehead atoms. The Labute approximate surface area is 208 Å². The fraction of sp³-hybridized carbons (Fsp3) is 0.346. The van der Waals surface area contributed by atoms with Gasteiger partial charge in [-0.3, -0.25) is 4.79 Å². The van der Waals surface area contributed by atoms with Crippen LogP contribution in [0.4, 0.5) is 0 Å². The van der Waals surface area contributed by atoms with Crippen molar-refractivity contribution in [3.63, 3.8) is 0 Å². The lowest BCUT2D eigenvalue weighted by atomic mass is 10.0. The summed E-state index contributed by atoms with van der Waals surface area (Å²) < 4.78 is 29.3. The third kappa shape index (κ3) is 4.75. The number of aromatic nitrogens is 1.